The molecule has 0 spiro atoms. The molecule has 0 amide bonds. The Morgan fingerprint density at radius 1 is 1.00 bits per heavy atom. The lowest BCUT2D eigenvalue weighted by molar-refractivity contribution is 0.102. The molecule has 2 aromatic carbocycles. The molecule has 0 N–H and O–H groups in total. The van der Waals surface area contributed by atoms with E-state index in [0.29, 0.717) is 31.8 Å². The van der Waals surface area contributed by atoms with Crippen molar-refractivity contribution in [3.8, 4) is 11.3 Å². The van der Waals surface area contributed by atoms with Gasteiger partial charge in [-0.3, -0.25) is 4.79 Å². The number of halogens is 4. The van der Waals surface area contributed by atoms with Gasteiger partial charge in [0.25, 0.3) is 0 Å². The molecule has 0 saturated carbocycles. The highest BCUT2D eigenvalue weighted by Gasteiger charge is 2.16. The smallest absolute Gasteiger partial charge is 0.175 e. The number of alkyl halides is 1. The number of carbonyl (C=O) groups is 1. The number of Topliss-reactive ketones (excluding diaryl/α,β-unsaturated/α-hetero) is 1. The molecule has 1 heterocycles. The summed E-state index contributed by atoms with van der Waals surface area (Å²) in [7, 11) is 0. The van der Waals surface area contributed by atoms with E-state index in [1.54, 1.807) is 30.3 Å². The molecule has 0 aliphatic heterocycles. The van der Waals surface area contributed by atoms with Crippen LogP contribution in [0.15, 0.2) is 42.5 Å². The summed E-state index contributed by atoms with van der Waals surface area (Å²) >= 11 is 21.4. The minimum Gasteiger partial charge on any atom is -0.293 e. The maximum Gasteiger partial charge on any atom is 0.175 e. The fraction of sp³-hybridized carbons (Fsp3) is 0.0588. The highest BCUT2D eigenvalue weighted by molar-refractivity contribution is 9.09. The van der Waals surface area contributed by atoms with E-state index in [0.717, 1.165) is 10.9 Å². The van der Waals surface area contributed by atoms with Crippen molar-refractivity contribution in [1.82, 2.24) is 4.98 Å². The minimum atomic E-state index is -0.0690. The standard InChI is InChI=1S/C17H9BrCl3NO/c18-8-15(23)13-6-10-5-12(20)7-14(21)17(10)22-16(13)9-1-3-11(19)4-2-9/h1-7H,8H2. The number of pyridine rings is 1. The Kier molecular flexibility index (Phi) is 4.93. The summed E-state index contributed by atoms with van der Waals surface area (Å²) < 4.78 is 0. The molecule has 2 nitrogen and oxygen atoms in total. The van der Waals surface area contributed by atoms with Crippen molar-refractivity contribution >= 4 is 67.4 Å². The largest absolute Gasteiger partial charge is 0.293 e. The van der Waals surface area contributed by atoms with Crippen LogP contribution in [0.25, 0.3) is 22.2 Å². The highest BCUT2D eigenvalue weighted by Crippen LogP contribution is 2.32. The van der Waals surface area contributed by atoms with Gasteiger partial charge in [0, 0.05) is 26.6 Å². The predicted molar refractivity (Wildman–Crippen MR) is 100 cm³/mol. The average Bonchev–Trinajstić information content (AvgIpc) is 2.54. The topological polar surface area (TPSA) is 30.0 Å². The number of hydrogen-bond acceptors (Lipinski definition) is 2. The van der Waals surface area contributed by atoms with Crippen LogP contribution in [-0.4, -0.2) is 16.1 Å². The first kappa shape index (κ1) is 16.7. The maximum absolute atomic E-state index is 12.3. The van der Waals surface area contributed by atoms with Crippen molar-refractivity contribution in [3.05, 3.63) is 63.1 Å². The van der Waals surface area contributed by atoms with Gasteiger partial charge in [-0.25, -0.2) is 4.98 Å². The Balaban J connectivity index is 2.33. The molecular formula is C17H9BrCl3NO. The van der Waals surface area contributed by atoms with Gasteiger partial charge in [-0.1, -0.05) is 62.9 Å². The fourth-order valence-corrected chi connectivity index (χ4v) is 3.30. The molecule has 0 aliphatic carbocycles. The quantitative estimate of drug-likeness (QED) is 0.354. The SMILES string of the molecule is O=C(CBr)c1cc2cc(Cl)cc(Cl)c2nc1-c1ccc(Cl)cc1. The minimum absolute atomic E-state index is 0.0690. The summed E-state index contributed by atoms with van der Waals surface area (Å²) in [6.07, 6.45) is 0. The third-order valence-electron chi connectivity index (χ3n) is 3.38. The second-order valence-corrected chi connectivity index (χ2v) is 6.75. The molecular weight excluding hydrogens is 420 g/mol. The summed E-state index contributed by atoms with van der Waals surface area (Å²) in [4.78, 5) is 16.9. The van der Waals surface area contributed by atoms with Gasteiger partial charge in [-0.2, -0.15) is 0 Å². The van der Waals surface area contributed by atoms with Crippen molar-refractivity contribution in [3.63, 3.8) is 0 Å². The third kappa shape index (κ3) is 3.38. The number of rotatable bonds is 3. The van der Waals surface area contributed by atoms with Crippen LogP contribution < -0.4 is 0 Å². The van der Waals surface area contributed by atoms with Crippen LogP contribution in [0.4, 0.5) is 0 Å². The number of aromatic nitrogens is 1. The maximum atomic E-state index is 12.3. The number of fused-ring (bicyclic) bond motifs is 1. The second kappa shape index (κ2) is 6.78. The van der Waals surface area contributed by atoms with Crippen molar-refractivity contribution in [1.29, 1.82) is 0 Å². The van der Waals surface area contributed by atoms with Crippen LogP contribution in [0.1, 0.15) is 10.4 Å². The monoisotopic (exact) mass is 427 g/mol. The van der Waals surface area contributed by atoms with Gasteiger partial charge in [0.05, 0.1) is 21.6 Å². The van der Waals surface area contributed by atoms with E-state index in [1.165, 1.54) is 0 Å². The molecule has 0 bridgehead atoms. The molecule has 23 heavy (non-hydrogen) atoms. The fourth-order valence-electron chi connectivity index (χ4n) is 2.32. The third-order valence-corrected chi connectivity index (χ3v) is 4.64. The Bertz CT molecular complexity index is 910. The Hall–Kier alpha value is -1.13. The van der Waals surface area contributed by atoms with E-state index in [2.05, 4.69) is 20.9 Å². The van der Waals surface area contributed by atoms with E-state index in [9.17, 15) is 4.79 Å². The summed E-state index contributed by atoms with van der Waals surface area (Å²) in [5.74, 6) is -0.0690. The van der Waals surface area contributed by atoms with Crippen LogP contribution >= 0.6 is 50.7 Å². The first-order valence-electron chi connectivity index (χ1n) is 6.64. The number of carbonyl (C=O) groups excluding carboxylic acids is 1. The summed E-state index contributed by atoms with van der Waals surface area (Å²) in [5, 5.41) is 2.49. The van der Waals surface area contributed by atoms with Crippen LogP contribution in [0, 0.1) is 0 Å². The zero-order valence-corrected chi connectivity index (χ0v) is 15.5. The van der Waals surface area contributed by atoms with E-state index < -0.39 is 0 Å². The van der Waals surface area contributed by atoms with Gasteiger partial charge in [0.2, 0.25) is 0 Å². The van der Waals surface area contributed by atoms with E-state index in [1.807, 2.05) is 12.1 Å². The zero-order valence-electron chi connectivity index (χ0n) is 11.6. The first-order chi connectivity index (χ1) is 11.0. The van der Waals surface area contributed by atoms with Gasteiger partial charge >= 0.3 is 0 Å². The lowest BCUT2D eigenvalue weighted by Gasteiger charge is -2.11. The number of nitrogens with zero attached hydrogens (tertiary/aromatic N) is 1. The summed E-state index contributed by atoms with van der Waals surface area (Å²) in [6, 6.07) is 12.3. The molecule has 6 heteroatoms. The molecule has 0 atom stereocenters. The molecule has 0 radical (unpaired) electrons. The van der Waals surface area contributed by atoms with Crippen LogP contribution in [-0.2, 0) is 0 Å². The van der Waals surface area contributed by atoms with Gasteiger partial charge in [0.15, 0.2) is 5.78 Å². The molecule has 116 valence electrons. The van der Waals surface area contributed by atoms with Crippen molar-refractivity contribution < 1.29 is 4.79 Å². The molecule has 3 rings (SSSR count). The highest BCUT2D eigenvalue weighted by atomic mass is 79.9. The van der Waals surface area contributed by atoms with Crippen LogP contribution in [0.5, 0.6) is 0 Å². The number of ketones is 1. The van der Waals surface area contributed by atoms with Gasteiger partial charge < -0.3 is 0 Å². The zero-order chi connectivity index (χ0) is 16.6. The molecule has 0 fully saturated rings. The molecule has 1 aromatic heterocycles. The molecule has 0 aliphatic rings. The number of hydrogen-bond donors (Lipinski definition) is 0. The van der Waals surface area contributed by atoms with Crippen molar-refractivity contribution in [2.45, 2.75) is 0 Å². The molecule has 0 saturated heterocycles. The van der Waals surface area contributed by atoms with Gasteiger partial charge in [-0.05, 0) is 30.3 Å². The number of benzene rings is 2. The van der Waals surface area contributed by atoms with Crippen LogP contribution in [0.2, 0.25) is 15.1 Å². The van der Waals surface area contributed by atoms with Gasteiger partial charge in [-0.15, -0.1) is 0 Å². The average molecular weight is 430 g/mol. The second-order valence-electron chi connectivity index (χ2n) is 4.91. The van der Waals surface area contributed by atoms with E-state index in [4.69, 9.17) is 34.8 Å². The van der Waals surface area contributed by atoms with Gasteiger partial charge in [0.1, 0.15) is 0 Å². The lowest BCUT2D eigenvalue weighted by atomic mass is 10.0. The predicted octanol–water partition coefficient (Wildman–Crippen LogP) is 6.44. The Labute approximate surface area is 156 Å². The van der Waals surface area contributed by atoms with E-state index in [-0.39, 0.29) is 11.1 Å². The first-order valence-corrected chi connectivity index (χ1v) is 8.90. The van der Waals surface area contributed by atoms with Crippen LogP contribution in [0.3, 0.4) is 0 Å². The lowest BCUT2D eigenvalue weighted by Crippen LogP contribution is -2.05. The molecule has 0 unspecified atom stereocenters. The van der Waals surface area contributed by atoms with E-state index >= 15 is 0 Å². The van der Waals surface area contributed by atoms with Crippen molar-refractivity contribution in [2.24, 2.45) is 0 Å². The Morgan fingerprint density at radius 3 is 2.35 bits per heavy atom. The van der Waals surface area contributed by atoms with Crippen molar-refractivity contribution in [2.75, 3.05) is 5.33 Å². The summed E-state index contributed by atoms with van der Waals surface area (Å²) in [6.45, 7) is 0. The normalized spacial score (nSPS) is 11.0. The molecule has 3 aromatic rings. The Morgan fingerprint density at radius 2 is 1.70 bits per heavy atom. The summed E-state index contributed by atoms with van der Waals surface area (Å²) in [5.41, 5.74) is 2.48.